The highest BCUT2D eigenvalue weighted by molar-refractivity contribution is 7.99. The van der Waals surface area contributed by atoms with E-state index in [2.05, 4.69) is 5.32 Å². The van der Waals surface area contributed by atoms with E-state index in [9.17, 15) is 9.59 Å². The number of nitrogens with zero attached hydrogens (tertiary/aromatic N) is 1. The average Bonchev–Trinajstić information content (AvgIpc) is 2.89. The van der Waals surface area contributed by atoms with Crippen molar-refractivity contribution in [2.45, 2.75) is 42.6 Å². The van der Waals surface area contributed by atoms with Gasteiger partial charge in [-0.05, 0) is 49.2 Å². The van der Waals surface area contributed by atoms with Crippen LogP contribution in [0.25, 0.3) is 0 Å². The first-order valence-corrected chi connectivity index (χ1v) is 11.0. The predicted octanol–water partition coefficient (Wildman–Crippen LogP) is 5.53. The largest absolute Gasteiger partial charge is 0.350 e. The molecule has 1 unspecified atom stereocenters. The Hall–Kier alpha value is -3.05. The first kappa shape index (κ1) is 20.2. The summed E-state index contributed by atoms with van der Waals surface area (Å²) in [5, 5.41) is 3.01. The van der Waals surface area contributed by atoms with Crippen LogP contribution in [0.2, 0.25) is 0 Å². The van der Waals surface area contributed by atoms with Gasteiger partial charge in [-0.1, -0.05) is 61.2 Å². The summed E-state index contributed by atoms with van der Waals surface area (Å²) in [6.07, 6.45) is 0.862. The molecule has 1 atom stereocenters. The van der Waals surface area contributed by atoms with Crippen LogP contribution in [0.4, 0.5) is 5.69 Å². The number of amides is 2. The minimum atomic E-state index is -0.119. The van der Waals surface area contributed by atoms with E-state index < -0.39 is 0 Å². The summed E-state index contributed by atoms with van der Waals surface area (Å²) in [5.74, 6) is -0.175. The van der Waals surface area contributed by atoms with Crippen molar-refractivity contribution in [2.75, 3.05) is 4.90 Å². The summed E-state index contributed by atoms with van der Waals surface area (Å²) < 4.78 is 0. The summed E-state index contributed by atoms with van der Waals surface area (Å²) in [5.41, 5.74) is 3.05. The fourth-order valence-corrected chi connectivity index (χ4v) is 4.45. The normalized spacial score (nSPS) is 13.8. The molecule has 5 heteroatoms. The standard InChI is InChI=1S/C25H24N2O2S/c1-3-17(2)26-24(28)19-13-14-23-21(15-19)27(16-18-9-5-4-6-10-18)25(29)20-11-7-8-12-22(20)30-23/h4-15,17H,3,16H2,1-2H3,(H,26,28). The molecule has 0 aromatic heterocycles. The molecule has 0 spiro atoms. The van der Waals surface area contributed by atoms with Gasteiger partial charge in [0.2, 0.25) is 0 Å². The lowest BCUT2D eigenvalue weighted by Crippen LogP contribution is -2.33. The second-order valence-electron chi connectivity index (χ2n) is 7.44. The van der Waals surface area contributed by atoms with Crippen molar-refractivity contribution in [2.24, 2.45) is 0 Å². The van der Waals surface area contributed by atoms with Crippen LogP contribution in [0.3, 0.4) is 0 Å². The van der Waals surface area contributed by atoms with Crippen LogP contribution in [0.1, 0.15) is 46.5 Å². The third-order valence-electron chi connectivity index (χ3n) is 5.27. The maximum absolute atomic E-state index is 13.5. The predicted molar refractivity (Wildman–Crippen MR) is 121 cm³/mol. The Morgan fingerprint density at radius 1 is 1.00 bits per heavy atom. The van der Waals surface area contributed by atoms with E-state index in [0.717, 1.165) is 27.5 Å². The molecule has 152 valence electrons. The van der Waals surface area contributed by atoms with E-state index in [4.69, 9.17) is 0 Å². The highest BCUT2D eigenvalue weighted by Crippen LogP contribution is 2.42. The molecule has 0 saturated carbocycles. The third-order valence-corrected chi connectivity index (χ3v) is 6.41. The zero-order valence-electron chi connectivity index (χ0n) is 17.1. The number of hydrogen-bond donors (Lipinski definition) is 1. The highest BCUT2D eigenvalue weighted by atomic mass is 32.2. The highest BCUT2D eigenvalue weighted by Gasteiger charge is 2.28. The van der Waals surface area contributed by atoms with Gasteiger partial charge in [0, 0.05) is 21.4 Å². The number of hydrogen-bond acceptors (Lipinski definition) is 3. The van der Waals surface area contributed by atoms with Gasteiger partial charge < -0.3 is 10.2 Å². The van der Waals surface area contributed by atoms with Gasteiger partial charge in [-0.2, -0.15) is 0 Å². The lowest BCUT2D eigenvalue weighted by molar-refractivity contribution is 0.0936. The van der Waals surface area contributed by atoms with Crippen molar-refractivity contribution in [1.29, 1.82) is 0 Å². The molecule has 0 aliphatic carbocycles. The van der Waals surface area contributed by atoms with Gasteiger partial charge in [-0.3, -0.25) is 9.59 Å². The summed E-state index contributed by atoms with van der Waals surface area (Å²) in [6.45, 7) is 4.47. The molecule has 3 aromatic rings. The molecular weight excluding hydrogens is 392 g/mol. The molecule has 1 aliphatic rings. The van der Waals surface area contributed by atoms with E-state index in [1.165, 1.54) is 0 Å². The molecule has 0 bridgehead atoms. The molecule has 0 radical (unpaired) electrons. The maximum atomic E-state index is 13.5. The van der Waals surface area contributed by atoms with Crippen LogP contribution in [0.5, 0.6) is 0 Å². The number of carbonyl (C=O) groups excluding carboxylic acids is 2. The van der Waals surface area contributed by atoms with Gasteiger partial charge >= 0.3 is 0 Å². The van der Waals surface area contributed by atoms with Crippen LogP contribution >= 0.6 is 11.8 Å². The maximum Gasteiger partial charge on any atom is 0.259 e. The zero-order chi connectivity index (χ0) is 21.1. The molecule has 1 aliphatic heterocycles. The molecule has 4 nitrogen and oxygen atoms in total. The first-order chi connectivity index (χ1) is 14.6. The minimum Gasteiger partial charge on any atom is -0.350 e. The van der Waals surface area contributed by atoms with Gasteiger partial charge in [0.25, 0.3) is 11.8 Å². The van der Waals surface area contributed by atoms with Crippen molar-refractivity contribution >= 4 is 29.3 Å². The van der Waals surface area contributed by atoms with Crippen molar-refractivity contribution in [3.63, 3.8) is 0 Å². The van der Waals surface area contributed by atoms with E-state index in [0.29, 0.717) is 17.7 Å². The van der Waals surface area contributed by atoms with Crippen LogP contribution in [-0.4, -0.2) is 17.9 Å². The Morgan fingerprint density at radius 3 is 2.50 bits per heavy atom. The summed E-state index contributed by atoms with van der Waals surface area (Å²) in [6, 6.07) is 23.3. The van der Waals surface area contributed by atoms with Crippen LogP contribution in [0, 0.1) is 0 Å². The van der Waals surface area contributed by atoms with Crippen LogP contribution in [-0.2, 0) is 6.54 Å². The smallest absolute Gasteiger partial charge is 0.259 e. The van der Waals surface area contributed by atoms with Gasteiger partial charge in [0.15, 0.2) is 0 Å². The summed E-state index contributed by atoms with van der Waals surface area (Å²) in [4.78, 5) is 29.9. The second kappa shape index (κ2) is 8.76. The molecule has 3 aromatic carbocycles. The van der Waals surface area contributed by atoms with Gasteiger partial charge in [-0.15, -0.1) is 0 Å². The topological polar surface area (TPSA) is 49.4 Å². The molecule has 30 heavy (non-hydrogen) atoms. The minimum absolute atomic E-state index is 0.0554. The van der Waals surface area contributed by atoms with Crippen molar-refractivity contribution < 1.29 is 9.59 Å². The Bertz CT molecular complexity index is 1080. The zero-order valence-corrected chi connectivity index (χ0v) is 17.9. The Labute approximate surface area is 181 Å². The lowest BCUT2D eigenvalue weighted by Gasteiger charge is -2.24. The summed E-state index contributed by atoms with van der Waals surface area (Å²) in [7, 11) is 0. The average molecular weight is 417 g/mol. The first-order valence-electron chi connectivity index (χ1n) is 10.1. The second-order valence-corrected chi connectivity index (χ2v) is 8.52. The van der Waals surface area contributed by atoms with Crippen molar-refractivity contribution in [1.82, 2.24) is 5.32 Å². The fourth-order valence-electron chi connectivity index (χ4n) is 3.39. The Kier molecular flexibility index (Phi) is 5.91. The van der Waals surface area contributed by atoms with E-state index in [-0.39, 0.29) is 17.9 Å². The van der Waals surface area contributed by atoms with Crippen LogP contribution in [0.15, 0.2) is 82.6 Å². The molecule has 4 rings (SSSR count). The number of nitrogens with one attached hydrogen (secondary N) is 1. The van der Waals surface area contributed by atoms with E-state index in [1.54, 1.807) is 16.7 Å². The molecular formula is C25H24N2O2S. The van der Waals surface area contributed by atoms with Gasteiger partial charge in [0.05, 0.1) is 17.8 Å². The SMILES string of the molecule is CCC(C)NC(=O)c1ccc2c(c1)N(Cc1ccccc1)C(=O)c1ccccc1S2. The van der Waals surface area contributed by atoms with Gasteiger partial charge in [-0.25, -0.2) is 0 Å². The van der Waals surface area contributed by atoms with Crippen molar-refractivity contribution in [3.05, 3.63) is 89.5 Å². The molecule has 0 fully saturated rings. The number of anilines is 1. The third kappa shape index (κ3) is 4.12. The van der Waals surface area contributed by atoms with E-state index >= 15 is 0 Å². The van der Waals surface area contributed by atoms with Crippen LogP contribution < -0.4 is 10.2 Å². The molecule has 1 heterocycles. The number of rotatable bonds is 5. The van der Waals surface area contributed by atoms with E-state index in [1.807, 2.05) is 86.6 Å². The quantitative estimate of drug-likeness (QED) is 0.595. The Balaban J connectivity index is 1.78. The lowest BCUT2D eigenvalue weighted by atomic mass is 10.1. The van der Waals surface area contributed by atoms with Crippen molar-refractivity contribution in [3.8, 4) is 0 Å². The molecule has 0 saturated heterocycles. The summed E-state index contributed by atoms with van der Waals surface area (Å²) >= 11 is 1.57. The molecule has 2 amide bonds. The number of fused-ring (bicyclic) bond motifs is 2. The monoisotopic (exact) mass is 416 g/mol. The number of carbonyl (C=O) groups is 2. The Morgan fingerprint density at radius 2 is 1.73 bits per heavy atom. The molecule has 1 N–H and O–H groups in total. The van der Waals surface area contributed by atoms with Gasteiger partial charge in [0.1, 0.15) is 0 Å². The fraction of sp³-hybridized carbons (Fsp3) is 0.200. The number of benzene rings is 3.